The van der Waals surface area contributed by atoms with Gasteiger partial charge in [0, 0.05) is 38.1 Å². The third kappa shape index (κ3) is 2.95. The fourth-order valence-electron chi connectivity index (χ4n) is 3.81. The summed E-state index contributed by atoms with van der Waals surface area (Å²) in [6.45, 7) is 5.88. The Morgan fingerprint density at radius 3 is 2.79 bits per heavy atom. The largest absolute Gasteiger partial charge is 0.347 e. The molecule has 7 nitrogen and oxygen atoms in total. The fourth-order valence-corrected chi connectivity index (χ4v) is 3.81. The average molecular weight is 332 g/mol. The number of piperidine rings is 1. The predicted molar refractivity (Wildman–Crippen MR) is 88.2 cm³/mol. The summed E-state index contributed by atoms with van der Waals surface area (Å²) in [6.07, 6.45) is 5.50. The van der Waals surface area contributed by atoms with Crippen LogP contribution in [0.4, 0.5) is 0 Å². The normalized spacial score (nSPS) is 24.2. The van der Waals surface area contributed by atoms with Crippen molar-refractivity contribution in [2.75, 3.05) is 19.6 Å². The molecule has 0 bridgehead atoms. The maximum Gasteiger partial charge on any atom is 0.347 e. The number of rotatable bonds is 3. The molecule has 7 heteroatoms. The van der Waals surface area contributed by atoms with E-state index in [4.69, 9.17) is 0 Å². The van der Waals surface area contributed by atoms with E-state index < -0.39 is 11.1 Å². The smallest absolute Gasteiger partial charge is 0.340 e. The SMILES string of the molecule is CC(C)N1CCC[C@]2(CCN(C(=O)Cn3cccnc3=O)C2)C1=O. The van der Waals surface area contributed by atoms with Crippen LogP contribution in [0.5, 0.6) is 0 Å². The van der Waals surface area contributed by atoms with E-state index in [1.807, 2.05) is 18.7 Å². The lowest BCUT2D eigenvalue weighted by molar-refractivity contribution is -0.148. The average Bonchev–Trinajstić information content (AvgIpc) is 2.97. The van der Waals surface area contributed by atoms with Crippen molar-refractivity contribution in [1.29, 1.82) is 0 Å². The van der Waals surface area contributed by atoms with Gasteiger partial charge < -0.3 is 9.80 Å². The van der Waals surface area contributed by atoms with E-state index in [1.54, 1.807) is 17.2 Å². The van der Waals surface area contributed by atoms with Gasteiger partial charge in [0.2, 0.25) is 11.8 Å². The van der Waals surface area contributed by atoms with Gasteiger partial charge >= 0.3 is 5.69 Å². The lowest BCUT2D eigenvalue weighted by atomic mass is 9.78. The Bertz CT molecular complexity index is 699. The van der Waals surface area contributed by atoms with Crippen molar-refractivity contribution in [3.05, 3.63) is 28.9 Å². The maximum absolute atomic E-state index is 12.9. The van der Waals surface area contributed by atoms with Crippen molar-refractivity contribution >= 4 is 11.8 Å². The van der Waals surface area contributed by atoms with Crippen molar-refractivity contribution in [1.82, 2.24) is 19.4 Å². The Kier molecular flexibility index (Phi) is 4.43. The number of aromatic nitrogens is 2. The Balaban J connectivity index is 1.70. The standard InChI is InChI=1S/C17H24N4O3/c1-13(2)21-9-3-5-17(15(21)23)6-10-20(12-17)14(22)11-19-8-4-7-18-16(19)24/h4,7-8,13H,3,5-6,9-12H2,1-2H3/t17-/m1/s1. The van der Waals surface area contributed by atoms with E-state index in [1.165, 1.54) is 10.8 Å². The first-order valence-corrected chi connectivity index (χ1v) is 8.53. The molecule has 0 unspecified atom stereocenters. The molecule has 2 fully saturated rings. The molecule has 2 aliphatic rings. The van der Waals surface area contributed by atoms with Crippen molar-refractivity contribution in [2.24, 2.45) is 5.41 Å². The van der Waals surface area contributed by atoms with Gasteiger partial charge in [-0.1, -0.05) is 0 Å². The quantitative estimate of drug-likeness (QED) is 0.807. The van der Waals surface area contributed by atoms with Gasteiger partial charge in [0.05, 0.1) is 5.41 Å². The Hall–Kier alpha value is -2.18. The summed E-state index contributed by atoms with van der Waals surface area (Å²) < 4.78 is 1.30. The van der Waals surface area contributed by atoms with Crippen molar-refractivity contribution in [3.63, 3.8) is 0 Å². The molecular formula is C17H24N4O3. The molecule has 1 aromatic heterocycles. The molecule has 24 heavy (non-hydrogen) atoms. The monoisotopic (exact) mass is 332 g/mol. The predicted octanol–water partition coefficient (Wildman–Crippen LogP) is 0.493. The molecule has 1 aromatic rings. The lowest BCUT2D eigenvalue weighted by Crippen LogP contribution is -2.52. The van der Waals surface area contributed by atoms with Crippen LogP contribution >= 0.6 is 0 Å². The third-order valence-corrected chi connectivity index (χ3v) is 5.19. The molecule has 0 saturated carbocycles. The zero-order valence-electron chi connectivity index (χ0n) is 14.3. The molecule has 0 N–H and O–H groups in total. The van der Waals surface area contributed by atoms with E-state index in [0.29, 0.717) is 19.5 Å². The molecule has 1 atom stereocenters. The van der Waals surface area contributed by atoms with Crippen LogP contribution < -0.4 is 5.69 Å². The summed E-state index contributed by atoms with van der Waals surface area (Å²) in [4.78, 5) is 44.4. The van der Waals surface area contributed by atoms with E-state index in [2.05, 4.69) is 4.98 Å². The van der Waals surface area contributed by atoms with Crippen LogP contribution in [0.2, 0.25) is 0 Å². The number of nitrogens with zero attached hydrogens (tertiary/aromatic N) is 4. The van der Waals surface area contributed by atoms with Gasteiger partial charge in [0.15, 0.2) is 0 Å². The molecule has 2 saturated heterocycles. The Morgan fingerprint density at radius 1 is 1.29 bits per heavy atom. The van der Waals surface area contributed by atoms with Crippen molar-refractivity contribution in [2.45, 2.75) is 45.7 Å². The van der Waals surface area contributed by atoms with Crippen molar-refractivity contribution in [3.8, 4) is 0 Å². The molecule has 2 amide bonds. The second-order valence-corrected chi connectivity index (χ2v) is 7.07. The first-order valence-electron chi connectivity index (χ1n) is 8.53. The highest BCUT2D eigenvalue weighted by Crippen LogP contribution is 2.40. The van der Waals surface area contributed by atoms with Gasteiger partial charge in [-0.3, -0.25) is 14.2 Å². The number of amides is 2. The summed E-state index contributed by atoms with van der Waals surface area (Å²) >= 11 is 0. The molecule has 2 aliphatic heterocycles. The molecule has 3 heterocycles. The van der Waals surface area contributed by atoms with Crippen LogP contribution in [0.15, 0.2) is 23.3 Å². The first kappa shape index (κ1) is 16.7. The second-order valence-electron chi connectivity index (χ2n) is 7.07. The minimum absolute atomic E-state index is 0.0230. The first-order chi connectivity index (χ1) is 11.4. The summed E-state index contributed by atoms with van der Waals surface area (Å²) in [7, 11) is 0. The Labute approximate surface area is 141 Å². The van der Waals surface area contributed by atoms with E-state index in [9.17, 15) is 14.4 Å². The molecule has 1 spiro atoms. The van der Waals surface area contributed by atoms with E-state index >= 15 is 0 Å². The molecule has 0 aromatic carbocycles. The second kappa shape index (κ2) is 6.37. The van der Waals surface area contributed by atoms with E-state index in [0.717, 1.165) is 19.4 Å². The molecule has 130 valence electrons. The van der Waals surface area contributed by atoms with Crippen LogP contribution in [0.1, 0.15) is 33.1 Å². The van der Waals surface area contributed by atoms with Gasteiger partial charge in [-0.05, 0) is 39.2 Å². The molecule has 0 radical (unpaired) electrons. The topological polar surface area (TPSA) is 75.5 Å². The molecular weight excluding hydrogens is 308 g/mol. The summed E-state index contributed by atoms with van der Waals surface area (Å²) in [6, 6.07) is 1.82. The van der Waals surface area contributed by atoms with Gasteiger partial charge in [-0.25, -0.2) is 9.78 Å². The van der Waals surface area contributed by atoms with Crippen LogP contribution in [0.3, 0.4) is 0 Å². The molecule has 0 aliphatic carbocycles. The van der Waals surface area contributed by atoms with Crippen LogP contribution in [-0.2, 0) is 16.1 Å². The third-order valence-electron chi connectivity index (χ3n) is 5.19. The van der Waals surface area contributed by atoms with Gasteiger partial charge in [0.1, 0.15) is 6.54 Å². The molecule has 3 rings (SSSR count). The summed E-state index contributed by atoms with van der Waals surface area (Å²) in [5, 5.41) is 0. The van der Waals surface area contributed by atoms with Crippen LogP contribution in [-0.4, -0.2) is 56.8 Å². The van der Waals surface area contributed by atoms with E-state index in [-0.39, 0.29) is 24.4 Å². The van der Waals surface area contributed by atoms with Gasteiger partial charge in [-0.2, -0.15) is 0 Å². The Morgan fingerprint density at radius 2 is 2.08 bits per heavy atom. The highest BCUT2D eigenvalue weighted by molar-refractivity contribution is 5.86. The number of carbonyl (C=O) groups is 2. The van der Waals surface area contributed by atoms with Gasteiger partial charge in [0.25, 0.3) is 0 Å². The fraction of sp³-hybridized carbons (Fsp3) is 0.647. The number of hydrogen-bond donors (Lipinski definition) is 0. The highest BCUT2D eigenvalue weighted by atomic mass is 16.2. The minimum Gasteiger partial charge on any atom is -0.340 e. The maximum atomic E-state index is 12.9. The summed E-state index contributed by atoms with van der Waals surface area (Å²) in [5.74, 6) is 0.0500. The van der Waals surface area contributed by atoms with Crippen LogP contribution in [0.25, 0.3) is 0 Å². The highest BCUT2D eigenvalue weighted by Gasteiger charge is 2.49. The number of carbonyl (C=O) groups excluding carboxylic acids is 2. The minimum atomic E-state index is -0.432. The van der Waals surface area contributed by atoms with Gasteiger partial charge in [-0.15, -0.1) is 0 Å². The summed E-state index contributed by atoms with van der Waals surface area (Å²) in [5.41, 5.74) is -0.863. The lowest BCUT2D eigenvalue weighted by Gasteiger charge is -2.41. The zero-order valence-corrected chi connectivity index (χ0v) is 14.3. The van der Waals surface area contributed by atoms with Crippen molar-refractivity contribution < 1.29 is 9.59 Å². The number of hydrogen-bond acceptors (Lipinski definition) is 4. The zero-order chi connectivity index (χ0) is 17.3. The van der Waals surface area contributed by atoms with Crippen LogP contribution in [0, 0.1) is 5.41 Å². The number of likely N-dealkylation sites (tertiary alicyclic amines) is 2.